The molecule has 0 spiro atoms. The highest BCUT2D eigenvalue weighted by atomic mass is 19.4. The lowest BCUT2D eigenvalue weighted by Gasteiger charge is -2.23. The van der Waals surface area contributed by atoms with Crippen LogP contribution in [0.5, 0.6) is 5.75 Å². The SMILES string of the molecule is CC.CN(CCCCCCNCCc1c[nH]c2ccccc12)CCC(Oc1ccc(C(F)(F)F)cc1)c1ccccc1. The lowest BCUT2D eigenvalue weighted by atomic mass is 10.1. The van der Waals surface area contributed by atoms with Gasteiger partial charge in [-0.2, -0.15) is 13.2 Å². The molecular formula is C35H46F3N3O. The number of aromatic nitrogens is 1. The van der Waals surface area contributed by atoms with Crippen molar-refractivity contribution in [1.29, 1.82) is 0 Å². The molecule has 1 unspecified atom stereocenters. The first-order valence-electron chi connectivity index (χ1n) is 15.2. The molecule has 0 saturated carbocycles. The molecule has 0 amide bonds. The summed E-state index contributed by atoms with van der Waals surface area (Å²) in [6.45, 7) is 7.88. The van der Waals surface area contributed by atoms with Crippen LogP contribution in [0.2, 0.25) is 0 Å². The molecule has 3 aromatic carbocycles. The van der Waals surface area contributed by atoms with Crippen molar-refractivity contribution < 1.29 is 17.9 Å². The van der Waals surface area contributed by atoms with Gasteiger partial charge in [-0.1, -0.05) is 75.2 Å². The number of hydrogen-bond donors (Lipinski definition) is 2. The minimum absolute atomic E-state index is 0.226. The van der Waals surface area contributed by atoms with E-state index in [1.165, 1.54) is 47.9 Å². The number of rotatable bonds is 16. The Labute approximate surface area is 249 Å². The zero-order chi connectivity index (χ0) is 30.2. The van der Waals surface area contributed by atoms with Crippen LogP contribution >= 0.6 is 0 Å². The van der Waals surface area contributed by atoms with Crippen LogP contribution in [0, 0.1) is 0 Å². The highest BCUT2D eigenvalue weighted by molar-refractivity contribution is 5.83. The van der Waals surface area contributed by atoms with Crippen molar-refractivity contribution in [2.75, 3.05) is 33.2 Å². The third kappa shape index (κ3) is 10.8. The van der Waals surface area contributed by atoms with Crippen LogP contribution < -0.4 is 10.1 Å². The Bertz CT molecular complexity index is 1270. The molecule has 4 rings (SSSR count). The zero-order valence-corrected chi connectivity index (χ0v) is 25.2. The van der Waals surface area contributed by atoms with Gasteiger partial charge in [0.05, 0.1) is 5.56 Å². The average molecular weight is 582 g/mol. The number of aromatic amines is 1. The fourth-order valence-corrected chi connectivity index (χ4v) is 4.97. The number of fused-ring (bicyclic) bond motifs is 1. The van der Waals surface area contributed by atoms with Gasteiger partial charge in [0.2, 0.25) is 0 Å². The van der Waals surface area contributed by atoms with Gasteiger partial charge in [0.25, 0.3) is 0 Å². The lowest BCUT2D eigenvalue weighted by molar-refractivity contribution is -0.137. The number of halogens is 3. The fourth-order valence-electron chi connectivity index (χ4n) is 4.97. The first-order valence-corrected chi connectivity index (χ1v) is 15.2. The van der Waals surface area contributed by atoms with E-state index in [9.17, 15) is 13.2 Å². The normalized spacial score (nSPS) is 12.3. The second-order valence-corrected chi connectivity index (χ2v) is 10.4. The molecule has 4 aromatic rings. The molecule has 0 aliphatic rings. The summed E-state index contributed by atoms with van der Waals surface area (Å²) in [7, 11) is 2.12. The van der Waals surface area contributed by atoms with Gasteiger partial charge in [-0.25, -0.2) is 0 Å². The number of hydrogen-bond acceptors (Lipinski definition) is 3. The van der Waals surface area contributed by atoms with E-state index in [1.807, 2.05) is 44.2 Å². The van der Waals surface area contributed by atoms with E-state index >= 15 is 0 Å². The average Bonchev–Trinajstić information content (AvgIpc) is 3.42. The second-order valence-electron chi connectivity index (χ2n) is 10.4. The Morgan fingerprint density at radius 2 is 1.50 bits per heavy atom. The van der Waals surface area contributed by atoms with Gasteiger partial charge in [-0.15, -0.1) is 0 Å². The Hall–Kier alpha value is -3.29. The van der Waals surface area contributed by atoms with Gasteiger partial charge < -0.3 is 19.9 Å². The number of ether oxygens (including phenoxy) is 1. The monoisotopic (exact) mass is 581 g/mol. The van der Waals surface area contributed by atoms with E-state index in [2.05, 4.69) is 52.7 Å². The van der Waals surface area contributed by atoms with Crippen molar-refractivity contribution >= 4 is 10.9 Å². The highest BCUT2D eigenvalue weighted by Gasteiger charge is 2.30. The molecule has 0 aliphatic heterocycles. The maximum Gasteiger partial charge on any atom is 0.416 e. The van der Waals surface area contributed by atoms with Crippen molar-refractivity contribution in [2.24, 2.45) is 0 Å². The predicted molar refractivity (Wildman–Crippen MR) is 168 cm³/mol. The van der Waals surface area contributed by atoms with Gasteiger partial charge in [-0.05, 0) is 87.4 Å². The third-order valence-corrected chi connectivity index (χ3v) is 7.29. The third-order valence-electron chi connectivity index (χ3n) is 7.29. The molecule has 0 aliphatic carbocycles. The molecule has 2 N–H and O–H groups in total. The summed E-state index contributed by atoms with van der Waals surface area (Å²) in [4.78, 5) is 5.65. The summed E-state index contributed by atoms with van der Waals surface area (Å²) in [5.74, 6) is 0.444. The van der Waals surface area contributed by atoms with E-state index in [0.717, 1.165) is 63.1 Å². The standard InChI is InChI=1S/C33H40F3N3O.C2H6/c1-39(23-10-3-2-9-21-37-22-19-27-25-38-31-14-8-7-13-30(27)31)24-20-32(26-11-5-4-6-12-26)40-29-17-15-28(16-18-29)33(34,35)36;1-2/h4-8,11-18,25,32,37-38H,2-3,9-10,19-24H2,1H3;1-2H3. The van der Waals surface area contributed by atoms with Crippen molar-refractivity contribution in [3.8, 4) is 5.75 Å². The van der Waals surface area contributed by atoms with Gasteiger partial charge in [-0.3, -0.25) is 0 Å². The van der Waals surface area contributed by atoms with Crippen LogP contribution in [0.4, 0.5) is 13.2 Å². The molecule has 228 valence electrons. The van der Waals surface area contributed by atoms with Crippen LogP contribution in [0.1, 0.15) is 68.7 Å². The molecule has 0 saturated heterocycles. The minimum atomic E-state index is -4.35. The van der Waals surface area contributed by atoms with Crippen molar-refractivity contribution in [3.05, 3.63) is 102 Å². The first kappa shape index (κ1) is 33.2. The Morgan fingerprint density at radius 3 is 2.24 bits per heavy atom. The van der Waals surface area contributed by atoms with Crippen LogP contribution in [-0.2, 0) is 12.6 Å². The molecule has 0 bridgehead atoms. The Kier molecular flexibility index (Phi) is 13.9. The maximum atomic E-state index is 12.9. The summed E-state index contributed by atoms with van der Waals surface area (Å²) in [5, 5.41) is 4.89. The molecule has 42 heavy (non-hydrogen) atoms. The number of nitrogens with zero attached hydrogens (tertiary/aromatic N) is 1. The van der Waals surface area contributed by atoms with Gasteiger partial charge in [0, 0.05) is 30.1 Å². The number of alkyl halides is 3. The van der Waals surface area contributed by atoms with Gasteiger partial charge in [0.1, 0.15) is 11.9 Å². The maximum absolute atomic E-state index is 12.9. The summed E-state index contributed by atoms with van der Waals surface area (Å²) < 4.78 is 44.9. The van der Waals surface area contributed by atoms with Crippen LogP contribution in [0.3, 0.4) is 0 Å². The first-order chi connectivity index (χ1) is 20.4. The molecule has 7 heteroatoms. The van der Waals surface area contributed by atoms with Crippen LogP contribution in [0.25, 0.3) is 10.9 Å². The fraction of sp³-hybridized carbons (Fsp3) is 0.429. The second kappa shape index (κ2) is 17.6. The number of H-pyrrole nitrogens is 1. The molecule has 1 aromatic heterocycles. The summed E-state index contributed by atoms with van der Waals surface area (Å²) >= 11 is 0. The molecular weight excluding hydrogens is 535 g/mol. The molecule has 4 nitrogen and oxygen atoms in total. The van der Waals surface area contributed by atoms with Gasteiger partial charge >= 0.3 is 6.18 Å². The summed E-state index contributed by atoms with van der Waals surface area (Å²) in [5.41, 5.74) is 2.92. The quantitative estimate of drug-likeness (QED) is 0.130. The highest BCUT2D eigenvalue weighted by Crippen LogP contribution is 2.32. The smallest absolute Gasteiger partial charge is 0.416 e. The molecule has 0 fully saturated rings. The van der Waals surface area contributed by atoms with Crippen LogP contribution in [0.15, 0.2) is 85.1 Å². The number of unbranched alkanes of at least 4 members (excludes halogenated alkanes) is 3. The van der Waals surface area contributed by atoms with Crippen molar-refractivity contribution in [3.63, 3.8) is 0 Å². The summed E-state index contributed by atoms with van der Waals surface area (Å²) in [6, 6.07) is 23.2. The predicted octanol–water partition coefficient (Wildman–Crippen LogP) is 9.05. The topological polar surface area (TPSA) is 40.3 Å². The molecule has 0 radical (unpaired) electrons. The number of nitrogens with one attached hydrogen (secondary N) is 2. The van der Waals surface area contributed by atoms with Crippen molar-refractivity contribution in [2.45, 2.75) is 64.7 Å². The van der Waals surface area contributed by atoms with E-state index in [4.69, 9.17) is 4.74 Å². The zero-order valence-electron chi connectivity index (χ0n) is 25.2. The number of benzene rings is 3. The lowest BCUT2D eigenvalue weighted by Crippen LogP contribution is -2.24. The Morgan fingerprint density at radius 1 is 0.810 bits per heavy atom. The van der Waals surface area contributed by atoms with Gasteiger partial charge in [0.15, 0.2) is 0 Å². The largest absolute Gasteiger partial charge is 0.486 e. The minimum Gasteiger partial charge on any atom is -0.486 e. The van der Waals surface area contributed by atoms with E-state index < -0.39 is 11.7 Å². The Balaban J connectivity index is 0.00000237. The van der Waals surface area contributed by atoms with E-state index in [0.29, 0.717) is 5.75 Å². The number of para-hydroxylation sites is 1. The molecule has 1 atom stereocenters. The van der Waals surface area contributed by atoms with Crippen LogP contribution in [-0.4, -0.2) is 43.1 Å². The molecule has 1 heterocycles. The van der Waals surface area contributed by atoms with E-state index in [1.54, 1.807) is 0 Å². The van der Waals surface area contributed by atoms with Crippen molar-refractivity contribution in [1.82, 2.24) is 15.2 Å². The summed E-state index contributed by atoms with van der Waals surface area (Å²) in [6.07, 6.45) is 4.03. The van der Waals surface area contributed by atoms with E-state index in [-0.39, 0.29) is 6.10 Å².